The lowest BCUT2D eigenvalue weighted by molar-refractivity contribution is -0.119. The molecule has 1 unspecified atom stereocenters. The molecule has 1 aromatic heterocycles. The number of methoxy groups -OCH3 is 1. The third-order valence-electron chi connectivity index (χ3n) is 4.57. The molecule has 0 spiro atoms. The van der Waals surface area contributed by atoms with E-state index in [1.54, 1.807) is 7.11 Å². The molecule has 0 radical (unpaired) electrons. The van der Waals surface area contributed by atoms with E-state index in [0.29, 0.717) is 5.75 Å². The fraction of sp³-hybridized carbons (Fsp3) is 0.304. The molecule has 1 N–H and O–H groups in total. The molecule has 6 heteroatoms. The van der Waals surface area contributed by atoms with Crippen LogP contribution in [-0.2, 0) is 4.79 Å². The third-order valence-corrected chi connectivity index (χ3v) is 5.52. The summed E-state index contributed by atoms with van der Waals surface area (Å²) in [5.74, 6) is 1.12. The van der Waals surface area contributed by atoms with Gasteiger partial charge in [-0.05, 0) is 25.5 Å². The van der Waals surface area contributed by atoms with Crippen molar-refractivity contribution in [2.24, 2.45) is 0 Å². The summed E-state index contributed by atoms with van der Waals surface area (Å²) in [6, 6.07) is 18.2. The second-order valence-electron chi connectivity index (χ2n) is 6.87. The lowest BCUT2D eigenvalue weighted by Gasteiger charge is -2.14. The van der Waals surface area contributed by atoms with Crippen LogP contribution in [0, 0.1) is 0 Å². The molecule has 1 atom stereocenters. The number of aromatic nitrogens is 2. The first-order valence-corrected chi connectivity index (χ1v) is 10.8. The summed E-state index contributed by atoms with van der Waals surface area (Å²) in [6.07, 6.45) is 3.89. The normalized spacial score (nSPS) is 11.8. The lowest BCUT2D eigenvalue weighted by atomic mass is 10.1. The van der Waals surface area contributed by atoms with Crippen molar-refractivity contribution in [2.75, 3.05) is 12.9 Å². The Hall–Kier alpha value is -2.73. The second-order valence-corrected chi connectivity index (χ2v) is 7.82. The summed E-state index contributed by atoms with van der Waals surface area (Å²) < 4.78 is 7.47. The van der Waals surface area contributed by atoms with E-state index in [-0.39, 0.29) is 11.9 Å². The first-order valence-electron chi connectivity index (χ1n) is 9.82. The lowest BCUT2D eigenvalue weighted by Crippen LogP contribution is -2.33. The molecular formula is C23H27N3O2S. The van der Waals surface area contributed by atoms with Crippen molar-refractivity contribution < 1.29 is 9.53 Å². The van der Waals surface area contributed by atoms with Gasteiger partial charge in [-0.3, -0.25) is 9.36 Å². The van der Waals surface area contributed by atoms with Crippen LogP contribution in [0.15, 0.2) is 66.0 Å². The van der Waals surface area contributed by atoms with Crippen LogP contribution in [0.2, 0.25) is 0 Å². The number of nitrogens with zero attached hydrogens (tertiary/aromatic N) is 2. The first kappa shape index (κ1) is 21.0. The number of imidazole rings is 1. The predicted octanol–water partition coefficient (Wildman–Crippen LogP) is 4.94. The number of hydrogen-bond acceptors (Lipinski definition) is 4. The third kappa shape index (κ3) is 5.41. The molecule has 3 rings (SSSR count). The van der Waals surface area contributed by atoms with Crippen molar-refractivity contribution in [3.05, 3.63) is 60.8 Å². The van der Waals surface area contributed by atoms with Crippen molar-refractivity contribution in [1.29, 1.82) is 0 Å². The van der Waals surface area contributed by atoms with E-state index in [0.717, 1.165) is 40.7 Å². The standard InChI is InChI=1S/C23H27N3O2S/c1-4-9-17(2)25-22(27)16-29-23-24-15-21(18-10-6-5-7-11-18)26(23)19-12-8-13-20(14-19)28-3/h5-8,10-15,17H,4,9,16H2,1-3H3,(H,25,27). The molecule has 0 aliphatic heterocycles. The van der Waals surface area contributed by atoms with E-state index in [4.69, 9.17) is 4.74 Å². The van der Waals surface area contributed by atoms with Gasteiger partial charge in [-0.25, -0.2) is 4.98 Å². The molecule has 1 heterocycles. The van der Waals surface area contributed by atoms with Gasteiger partial charge in [-0.15, -0.1) is 0 Å². The number of nitrogens with one attached hydrogen (secondary N) is 1. The van der Waals surface area contributed by atoms with E-state index in [1.807, 2.05) is 55.6 Å². The van der Waals surface area contributed by atoms with E-state index < -0.39 is 0 Å². The van der Waals surface area contributed by atoms with Gasteiger partial charge in [0.05, 0.1) is 30.4 Å². The summed E-state index contributed by atoms with van der Waals surface area (Å²) >= 11 is 1.44. The Morgan fingerprint density at radius 3 is 2.72 bits per heavy atom. The van der Waals surface area contributed by atoms with Crippen LogP contribution in [0.4, 0.5) is 0 Å². The van der Waals surface area contributed by atoms with Gasteiger partial charge in [0.2, 0.25) is 5.91 Å². The van der Waals surface area contributed by atoms with Gasteiger partial charge in [0.25, 0.3) is 0 Å². The maximum absolute atomic E-state index is 12.3. The molecule has 152 valence electrons. The maximum atomic E-state index is 12.3. The SMILES string of the molecule is CCCC(C)NC(=O)CSc1ncc(-c2ccccc2)n1-c1cccc(OC)c1. The van der Waals surface area contributed by atoms with E-state index in [2.05, 4.69) is 33.9 Å². The molecular weight excluding hydrogens is 382 g/mol. The number of carbonyl (C=O) groups is 1. The molecule has 0 saturated carbocycles. The van der Waals surface area contributed by atoms with Crippen LogP contribution in [0.5, 0.6) is 5.75 Å². The Labute approximate surface area is 176 Å². The van der Waals surface area contributed by atoms with Crippen molar-refractivity contribution >= 4 is 17.7 Å². The van der Waals surface area contributed by atoms with Gasteiger partial charge in [-0.1, -0.05) is 61.5 Å². The summed E-state index contributed by atoms with van der Waals surface area (Å²) in [4.78, 5) is 17.0. The van der Waals surface area contributed by atoms with Gasteiger partial charge in [0.1, 0.15) is 5.75 Å². The molecule has 29 heavy (non-hydrogen) atoms. The van der Waals surface area contributed by atoms with Gasteiger partial charge in [0.15, 0.2) is 5.16 Å². The Bertz CT molecular complexity index is 940. The smallest absolute Gasteiger partial charge is 0.230 e. The largest absolute Gasteiger partial charge is 0.497 e. The van der Waals surface area contributed by atoms with Gasteiger partial charge >= 0.3 is 0 Å². The van der Waals surface area contributed by atoms with Crippen LogP contribution in [-0.4, -0.2) is 34.4 Å². The van der Waals surface area contributed by atoms with Crippen LogP contribution < -0.4 is 10.1 Å². The molecule has 2 aromatic carbocycles. The summed E-state index contributed by atoms with van der Waals surface area (Å²) in [5.41, 5.74) is 2.99. The number of thioether (sulfide) groups is 1. The highest BCUT2D eigenvalue weighted by Gasteiger charge is 2.16. The quantitative estimate of drug-likeness (QED) is 0.508. The van der Waals surface area contributed by atoms with Gasteiger partial charge < -0.3 is 10.1 Å². The molecule has 3 aromatic rings. The number of hydrogen-bond donors (Lipinski definition) is 1. The zero-order chi connectivity index (χ0) is 20.6. The van der Waals surface area contributed by atoms with Gasteiger partial charge in [-0.2, -0.15) is 0 Å². The minimum absolute atomic E-state index is 0.0254. The summed E-state index contributed by atoms with van der Waals surface area (Å²) in [5, 5.41) is 3.82. The topological polar surface area (TPSA) is 56.2 Å². The minimum atomic E-state index is 0.0254. The molecule has 0 bridgehead atoms. The summed E-state index contributed by atoms with van der Waals surface area (Å²) in [6.45, 7) is 4.16. The average molecular weight is 410 g/mol. The number of carbonyl (C=O) groups excluding carboxylic acids is 1. The molecule has 0 aliphatic carbocycles. The highest BCUT2D eigenvalue weighted by Crippen LogP contribution is 2.31. The van der Waals surface area contributed by atoms with Crippen LogP contribution in [0.25, 0.3) is 16.9 Å². The minimum Gasteiger partial charge on any atom is -0.497 e. The van der Waals surface area contributed by atoms with Gasteiger partial charge in [0, 0.05) is 17.7 Å². The predicted molar refractivity (Wildman–Crippen MR) is 119 cm³/mol. The van der Waals surface area contributed by atoms with Crippen LogP contribution >= 0.6 is 11.8 Å². The van der Waals surface area contributed by atoms with Crippen molar-refractivity contribution in [3.8, 4) is 22.7 Å². The zero-order valence-corrected chi connectivity index (χ0v) is 17.9. The van der Waals surface area contributed by atoms with Crippen molar-refractivity contribution in [1.82, 2.24) is 14.9 Å². The number of ether oxygens (including phenoxy) is 1. The fourth-order valence-electron chi connectivity index (χ4n) is 3.20. The molecule has 0 fully saturated rings. The fourth-order valence-corrected chi connectivity index (χ4v) is 4.00. The second kappa shape index (κ2) is 10.2. The molecule has 0 saturated heterocycles. The van der Waals surface area contributed by atoms with E-state index >= 15 is 0 Å². The van der Waals surface area contributed by atoms with Crippen molar-refractivity contribution in [3.63, 3.8) is 0 Å². The Morgan fingerprint density at radius 2 is 2.00 bits per heavy atom. The molecule has 0 aliphatic rings. The Morgan fingerprint density at radius 1 is 1.21 bits per heavy atom. The number of amides is 1. The monoisotopic (exact) mass is 409 g/mol. The summed E-state index contributed by atoms with van der Waals surface area (Å²) in [7, 11) is 1.66. The number of rotatable bonds is 9. The first-order chi connectivity index (χ1) is 14.1. The van der Waals surface area contributed by atoms with E-state index in [9.17, 15) is 4.79 Å². The van der Waals surface area contributed by atoms with Crippen LogP contribution in [0.3, 0.4) is 0 Å². The average Bonchev–Trinajstić information content (AvgIpc) is 3.17. The number of benzene rings is 2. The highest BCUT2D eigenvalue weighted by molar-refractivity contribution is 7.99. The van der Waals surface area contributed by atoms with Crippen LogP contribution in [0.1, 0.15) is 26.7 Å². The van der Waals surface area contributed by atoms with E-state index in [1.165, 1.54) is 11.8 Å². The highest BCUT2D eigenvalue weighted by atomic mass is 32.2. The molecule has 5 nitrogen and oxygen atoms in total. The molecule has 1 amide bonds. The Kier molecular flexibility index (Phi) is 7.36. The Balaban J connectivity index is 1.89. The van der Waals surface area contributed by atoms with Crippen molar-refractivity contribution in [2.45, 2.75) is 37.9 Å². The maximum Gasteiger partial charge on any atom is 0.230 e. The zero-order valence-electron chi connectivity index (χ0n) is 17.1.